The molecule has 0 aliphatic rings. The van der Waals surface area contributed by atoms with Crippen LogP contribution in [0.5, 0.6) is 28.7 Å². The van der Waals surface area contributed by atoms with E-state index in [1.807, 2.05) is 0 Å². The number of aromatic nitrogens is 1. The van der Waals surface area contributed by atoms with Crippen molar-refractivity contribution in [2.45, 2.75) is 0 Å². The Hall–Kier alpha value is -4.27. The maximum absolute atomic E-state index is 13.2. The minimum Gasteiger partial charge on any atom is -0.494 e. The van der Waals surface area contributed by atoms with Crippen molar-refractivity contribution in [1.82, 2.24) is 4.98 Å². The number of pyridine rings is 1. The van der Waals surface area contributed by atoms with Gasteiger partial charge in [0, 0.05) is 11.5 Å². The molecule has 0 fully saturated rings. The Morgan fingerprint density at radius 3 is 2.12 bits per heavy atom. The summed E-state index contributed by atoms with van der Waals surface area (Å²) in [6, 6.07) is 9.56. The summed E-state index contributed by atoms with van der Waals surface area (Å²) in [5.74, 6) is 1.37. The summed E-state index contributed by atoms with van der Waals surface area (Å²) >= 11 is 0. The van der Waals surface area contributed by atoms with Crippen LogP contribution < -0.4 is 29.3 Å². The molecule has 9 heteroatoms. The van der Waals surface area contributed by atoms with Gasteiger partial charge in [-0.25, -0.2) is 9.78 Å². The fourth-order valence-electron chi connectivity index (χ4n) is 3.65. The van der Waals surface area contributed by atoms with Gasteiger partial charge < -0.3 is 28.1 Å². The maximum Gasteiger partial charge on any atom is 0.347 e. The number of nitrogens with zero attached hydrogens (tertiary/aromatic N) is 1. The number of ether oxygens (including phenoxy) is 5. The van der Waals surface area contributed by atoms with Crippen molar-refractivity contribution in [3.8, 4) is 28.7 Å². The van der Waals surface area contributed by atoms with E-state index in [1.54, 1.807) is 24.3 Å². The molecule has 0 saturated heterocycles. The topological polar surface area (TPSA) is 106 Å². The summed E-state index contributed by atoms with van der Waals surface area (Å²) in [5, 5.41) is 1.09. The Balaban J connectivity index is 1.88. The first-order valence-corrected chi connectivity index (χ1v) is 9.80. The molecule has 0 amide bonds. The van der Waals surface area contributed by atoms with Gasteiger partial charge in [0.15, 0.2) is 22.8 Å². The van der Waals surface area contributed by atoms with Crippen LogP contribution >= 0.6 is 0 Å². The molecule has 170 valence electrons. The van der Waals surface area contributed by atoms with Gasteiger partial charge in [-0.05, 0) is 30.3 Å². The number of carbonyl (C=O) groups excluding carboxylic acids is 1. The first kappa shape index (κ1) is 21.9. The molecule has 0 atom stereocenters. The molecule has 0 bridgehead atoms. The van der Waals surface area contributed by atoms with Crippen molar-refractivity contribution in [1.29, 1.82) is 0 Å². The third-order valence-corrected chi connectivity index (χ3v) is 5.23. The number of methoxy groups -OCH3 is 5. The van der Waals surface area contributed by atoms with Crippen LogP contribution in [0.2, 0.25) is 0 Å². The van der Waals surface area contributed by atoms with Crippen molar-refractivity contribution < 1.29 is 32.9 Å². The van der Waals surface area contributed by atoms with E-state index in [1.165, 1.54) is 47.7 Å². The number of ketones is 1. The third kappa shape index (κ3) is 3.57. The van der Waals surface area contributed by atoms with Crippen LogP contribution in [0.25, 0.3) is 21.9 Å². The smallest absolute Gasteiger partial charge is 0.347 e. The summed E-state index contributed by atoms with van der Waals surface area (Å²) in [7, 11) is 7.41. The standard InChI is InChI=1S/C24H21NO8/c1-28-16-9-6-12-10-14(24(27)33-21(12)23(16)32-5)20(26)15-8-7-13-19(25-15)17(29-2)11-18(30-3)22(13)31-4/h6-11H,1-5H3. The first-order valence-electron chi connectivity index (χ1n) is 9.80. The monoisotopic (exact) mass is 451 g/mol. The Kier molecular flexibility index (Phi) is 5.78. The van der Waals surface area contributed by atoms with Crippen molar-refractivity contribution >= 4 is 27.7 Å². The fraction of sp³-hybridized carbons (Fsp3) is 0.208. The molecule has 4 aromatic rings. The SMILES string of the molecule is COc1cc(OC)c2nc(C(=O)c3cc4ccc(OC)c(OC)c4oc3=O)ccc2c1OC. The van der Waals surface area contributed by atoms with E-state index in [0.717, 1.165) is 0 Å². The fourth-order valence-corrected chi connectivity index (χ4v) is 3.65. The summed E-state index contributed by atoms with van der Waals surface area (Å²) in [6.45, 7) is 0. The van der Waals surface area contributed by atoms with Crippen molar-refractivity contribution in [2.24, 2.45) is 0 Å². The lowest BCUT2D eigenvalue weighted by Crippen LogP contribution is -2.16. The van der Waals surface area contributed by atoms with Crippen LogP contribution in [0.3, 0.4) is 0 Å². The van der Waals surface area contributed by atoms with E-state index in [4.69, 9.17) is 28.1 Å². The molecule has 0 saturated carbocycles. The molecule has 0 radical (unpaired) electrons. The van der Waals surface area contributed by atoms with Gasteiger partial charge >= 0.3 is 5.63 Å². The van der Waals surface area contributed by atoms with Crippen LogP contribution in [0.1, 0.15) is 16.1 Å². The van der Waals surface area contributed by atoms with Gasteiger partial charge in [-0.15, -0.1) is 0 Å². The third-order valence-electron chi connectivity index (χ3n) is 5.23. The van der Waals surface area contributed by atoms with Gasteiger partial charge in [0.25, 0.3) is 0 Å². The minimum absolute atomic E-state index is 0.0418. The van der Waals surface area contributed by atoms with E-state index in [-0.39, 0.29) is 22.6 Å². The van der Waals surface area contributed by atoms with Crippen molar-refractivity contribution in [3.63, 3.8) is 0 Å². The summed E-state index contributed by atoms with van der Waals surface area (Å²) < 4.78 is 32.2. The van der Waals surface area contributed by atoms with E-state index >= 15 is 0 Å². The molecule has 2 heterocycles. The van der Waals surface area contributed by atoms with Crippen LogP contribution in [-0.2, 0) is 0 Å². The highest BCUT2D eigenvalue weighted by atomic mass is 16.5. The minimum atomic E-state index is -0.819. The first-order chi connectivity index (χ1) is 16.0. The molecule has 0 spiro atoms. The van der Waals surface area contributed by atoms with Gasteiger partial charge in [-0.2, -0.15) is 0 Å². The van der Waals surface area contributed by atoms with Gasteiger partial charge in [0.2, 0.25) is 11.5 Å². The Labute approximate surface area is 188 Å². The largest absolute Gasteiger partial charge is 0.494 e. The van der Waals surface area contributed by atoms with Gasteiger partial charge in [0.05, 0.1) is 40.9 Å². The number of hydrogen-bond acceptors (Lipinski definition) is 9. The second-order valence-corrected chi connectivity index (χ2v) is 6.90. The van der Waals surface area contributed by atoms with Crippen molar-refractivity contribution in [3.05, 3.63) is 58.1 Å². The maximum atomic E-state index is 13.2. The Morgan fingerprint density at radius 2 is 1.48 bits per heavy atom. The molecule has 9 nitrogen and oxygen atoms in total. The van der Waals surface area contributed by atoms with Crippen molar-refractivity contribution in [2.75, 3.05) is 35.5 Å². The Bertz CT molecular complexity index is 1440. The molecular weight excluding hydrogens is 430 g/mol. The molecule has 0 N–H and O–H groups in total. The average molecular weight is 451 g/mol. The normalized spacial score (nSPS) is 10.8. The van der Waals surface area contributed by atoms with E-state index in [2.05, 4.69) is 4.98 Å². The second-order valence-electron chi connectivity index (χ2n) is 6.90. The quantitative estimate of drug-likeness (QED) is 0.308. The molecule has 33 heavy (non-hydrogen) atoms. The number of hydrogen-bond donors (Lipinski definition) is 0. The van der Waals surface area contributed by atoms with E-state index in [9.17, 15) is 9.59 Å². The van der Waals surface area contributed by atoms with Crippen LogP contribution in [-0.4, -0.2) is 46.3 Å². The van der Waals surface area contributed by atoms with Gasteiger partial charge in [-0.1, -0.05) is 0 Å². The highest BCUT2D eigenvalue weighted by Gasteiger charge is 2.22. The number of fused-ring (bicyclic) bond motifs is 2. The summed E-state index contributed by atoms with van der Waals surface area (Å²) in [6.07, 6.45) is 0. The number of benzene rings is 2. The molecule has 0 aliphatic heterocycles. The lowest BCUT2D eigenvalue weighted by Gasteiger charge is -2.14. The summed E-state index contributed by atoms with van der Waals surface area (Å²) in [5.41, 5.74) is -0.373. The predicted octanol–water partition coefficient (Wildman–Crippen LogP) is 3.62. The van der Waals surface area contributed by atoms with Gasteiger partial charge in [0.1, 0.15) is 22.5 Å². The highest BCUT2D eigenvalue weighted by Crippen LogP contribution is 2.40. The predicted molar refractivity (Wildman–Crippen MR) is 120 cm³/mol. The van der Waals surface area contributed by atoms with Crippen LogP contribution in [0, 0.1) is 0 Å². The zero-order valence-electron chi connectivity index (χ0n) is 18.7. The molecule has 0 aliphatic carbocycles. The van der Waals surface area contributed by atoms with Crippen LogP contribution in [0.4, 0.5) is 0 Å². The van der Waals surface area contributed by atoms with E-state index in [0.29, 0.717) is 39.3 Å². The number of carbonyl (C=O) groups is 1. The summed E-state index contributed by atoms with van der Waals surface area (Å²) in [4.78, 5) is 30.4. The lowest BCUT2D eigenvalue weighted by molar-refractivity contribution is 0.103. The molecular formula is C24H21NO8. The molecule has 2 aromatic heterocycles. The zero-order chi connectivity index (χ0) is 23.7. The molecule has 2 aromatic carbocycles. The lowest BCUT2D eigenvalue weighted by atomic mass is 10.1. The second kappa shape index (κ2) is 8.70. The van der Waals surface area contributed by atoms with Crippen LogP contribution in [0.15, 0.2) is 45.6 Å². The van der Waals surface area contributed by atoms with Gasteiger partial charge in [-0.3, -0.25) is 4.79 Å². The zero-order valence-corrected chi connectivity index (χ0v) is 18.7. The highest BCUT2D eigenvalue weighted by molar-refractivity contribution is 6.10. The number of rotatable bonds is 7. The average Bonchev–Trinajstić information content (AvgIpc) is 2.85. The van der Waals surface area contributed by atoms with E-state index < -0.39 is 11.4 Å². The molecule has 4 rings (SSSR count). The Morgan fingerprint density at radius 1 is 0.788 bits per heavy atom. The molecule has 0 unspecified atom stereocenters.